The number of hydrogen-bond donors (Lipinski definition) is 1. The predicted octanol–water partition coefficient (Wildman–Crippen LogP) is 3.24. The molecule has 1 aliphatic heterocycles. The molecule has 1 aromatic rings. The molecule has 2 heteroatoms. The number of piperidine rings is 1. The fraction of sp³-hybridized carbons (Fsp3) is 0.625. The minimum absolute atomic E-state index is 0.791. The predicted molar refractivity (Wildman–Crippen MR) is 77.1 cm³/mol. The van der Waals surface area contributed by atoms with Gasteiger partial charge in [-0.1, -0.05) is 17.7 Å². The van der Waals surface area contributed by atoms with Gasteiger partial charge in [0.2, 0.25) is 0 Å². The molecule has 1 heterocycles. The van der Waals surface area contributed by atoms with Gasteiger partial charge in [-0.15, -0.1) is 0 Å². The monoisotopic (exact) mass is 244 g/mol. The molecule has 18 heavy (non-hydrogen) atoms. The minimum Gasteiger partial charge on any atom is -0.371 e. The molecule has 98 valence electrons. The Morgan fingerprint density at radius 3 is 2.67 bits per heavy atom. The summed E-state index contributed by atoms with van der Waals surface area (Å²) in [6, 6.07) is 7.73. The van der Waals surface area contributed by atoms with Crippen LogP contribution in [0.5, 0.6) is 0 Å². The van der Waals surface area contributed by atoms with E-state index in [1.165, 1.54) is 62.0 Å². The van der Waals surface area contributed by atoms with Gasteiger partial charge in [-0.2, -0.15) is 0 Å². The zero-order valence-electron chi connectivity index (χ0n) is 11.4. The highest BCUT2D eigenvalue weighted by Gasteiger charge is 2.21. The smallest absolute Gasteiger partial charge is 0.0412 e. The highest BCUT2D eigenvalue weighted by molar-refractivity contribution is 5.55. The van der Waals surface area contributed by atoms with Gasteiger partial charge in [0, 0.05) is 31.4 Å². The third-order valence-corrected chi connectivity index (χ3v) is 4.09. The van der Waals surface area contributed by atoms with Gasteiger partial charge in [0.05, 0.1) is 0 Å². The molecule has 3 rings (SSSR count). The fourth-order valence-corrected chi connectivity index (χ4v) is 2.84. The van der Waals surface area contributed by atoms with Crippen molar-refractivity contribution in [3.63, 3.8) is 0 Å². The first-order valence-electron chi connectivity index (χ1n) is 7.41. The number of benzene rings is 1. The molecule has 1 aliphatic carbocycles. The van der Waals surface area contributed by atoms with Crippen LogP contribution >= 0.6 is 0 Å². The Morgan fingerprint density at radius 2 is 1.94 bits per heavy atom. The lowest BCUT2D eigenvalue weighted by molar-refractivity contribution is 0.574. The van der Waals surface area contributed by atoms with Gasteiger partial charge < -0.3 is 10.2 Å². The number of anilines is 1. The maximum atomic E-state index is 3.65. The van der Waals surface area contributed by atoms with Crippen molar-refractivity contribution < 1.29 is 0 Å². The molecule has 1 aromatic carbocycles. The van der Waals surface area contributed by atoms with E-state index < -0.39 is 0 Å². The number of hydrogen-bond acceptors (Lipinski definition) is 2. The van der Waals surface area contributed by atoms with Crippen LogP contribution < -0.4 is 10.2 Å². The molecule has 1 saturated heterocycles. The van der Waals surface area contributed by atoms with E-state index in [1.807, 2.05) is 0 Å². The Kier molecular flexibility index (Phi) is 3.55. The van der Waals surface area contributed by atoms with E-state index >= 15 is 0 Å². The van der Waals surface area contributed by atoms with Crippen molar-refractivity contribution in [3.8, 4) is 0 Å². The molecule has 0 spiro atoms. The Bertz CT molecular complexity index is 404. The van der Waals surface area contributed by atoms with Gasteiger partial charge in [0.1, 0.15) is 0 Å². The van der Waals surface area contributed by atoms with Crippen LogP contribution in [0.15, 0.2) is 18.2 Å². The third-order valence-electron chi connectivity index (χ3n) is 4.09. The highest BCUT2D eigenvalue weighted by atomic mass is 15.1. The second kappa shape index (κ2) is 5.31. The lowest BCUT2D eigenvalue weighted by Gasteiger charge is -2.31. The summed E-state index contributed by atoms with van der Waals surface area (Å²) in [6.07, 6.45) is 6.83. The SMILES string of the molecule is Cc1ccc(N2CCCCC2)c(CNC2CC2)c1. The van der Waals surface area contributed by atoms with Gasteiger partial charge in [0.25, 0.3) is 0 Å². The molecule has 0 unspecified atom stereocenters. The van der Waals surface area contributed by atoms with Crippen LogP contribution in [-0.2, 0) is 6.54 Å². The molecule has 0 amide bonds. The summed E-state index contributed by atoms with van der Waals surface area (Å²) in [5, 5.41) is 3.65. The number of nitrogens with zero attached hydrogens (tertiary/aromatic N) is 1. The zero-order valence-corrected chi connectivity index (χ0v) is 11.4. The van der Waals surface area contributed by atoms with E-state index in [2.05, 4.69) is 35.3 Å². The maximum Gasteiger partial charge on any atom is 0.0412 e. The maximum absolute atomic E-state index is 3.65. The molecule has 0 atom stereocenters. The molecule has 2 fully saturated rings. The zero-order chi connectivity index (χ0) is 12.4. The van der Waals surface area contributed by atoms with Gasteiger partial charge in [0.15, 0.2) is 0 Å². The van der Waals surface area contributed by atoms with Gasteiger partial charge in [-0.3, -0.25) is 0 Å². The first-order chi connectivity index (χ1) is 8.83. The Labute approximate surface area is 110 Å². The average Bonchev–Trinajstić information content (AvgIpc) is 3.21. The standard InChI is InChI=1S/C16H24N2/c1-13-5-8-16(18-9-3-2-4-10-18)14(11-13)12-17-15-6-7-15/h5,8,11,15,17H,2-4,6-7,9-10,12H2,1H3. The lowest BCUT2D eigenvalue weighted by Crippen LogP contribution is -2.31. The summed E-state index contributed by atoms with van der Waals surface area (Å²) < 4.78 is 0. The molecule has 1 saturated carbocycles. The summed E-state index contributed by atoms with van der Waals surface area (Å²) in [5.74, 6) is 0. The molecule has 1 N–H and O–H groups in total. The van der Waals surface area contributed by atoms with Crippen molar-refractivity contribution in [2.45, 2.75) is 51.6 Å². The topological polar surface area (TPSA) is 15.3 Å². The van der Waals surface area contributed by atoms with Crippen molar-refractivity contribution in [1.82, 2.24) is 5.32 Å². The largest absolute Gasteiger partial charge is 0.371 e. The van der Waals surface area contributed by atoms with Crippen LogP contribution in [0, 0.1) is 6.92 Å². The average molecular weight is 244 g/mol. The van der Waals surface area contributed by atoms with Crippen LogP contribution in [0.4, 0.5) is 5.69 Å². The number of aryl methyl sites for hydroxylation is 1. The van der Waals surface area contributed by atoms with Crippen molar-refractivity contribution in [2.24, 2.45) is 0 Å². The molecular formula is C16H24N2. The first kappa shape index (κ1) is 12.0. The van der Waals surface area contributed by atoms with E-state index in [9.17, 15) is 0 Å². The van der Waals surface area contributed by atoms with Crippen LogP contribution in [0.25, 0.3) is 0 Å². The molecule has 0 bridgehead atoms. The van der Waals surface area contributed by atoms with E-state index in [0.29, 0.717) is 0 Å². The van der Waals surface area contributed by atoms with E-state index in [4.69, 9.17) is 0 Å². The fourth-order valence-electron chi connectivity index (χ4n) is 2.84. The van der Waals surface area contributed by atoms with E-state index in [1.54, 1.807) is 0 Å². The Hall–Kier alpha value is -1.02. The van der Waals surface area contributed by atoms with Crippen LogP contribution in [0.1, 0.15) is 43.2 Å². The molecule has 0 radical (unpaired) electrons. The lowest BCUT2D eigenvalue weighted by atomic mass is 10.0. The Balaban J connectivity index is 1.76. The second-order valence-corrected chi connectivity index (χ2v) is 5.84. The van der Waals surface area contributed by atoms with Crippen molar-refractivity contribution in [1.29, 1.82) is 0 Å². The van der Waals surface area contributed by atoms with Crippen LogP contribution in [0.3, 0.4) is 0 Å². The first-order valence-corrected chi connectivity index (χ1v) is 7.41. The summed E-state index contributed by atoms with van der Waals surface area (Å²) in [7, 11) is 0. The van der Waals surface area contributed by atoms with Gasteiger partial charge in [-0.25, -0.2) is 0 Å². The van der Waals surface area contributed by atoms with E-state index in [-0.39, 0.29) is 0 Å². The molecular weight excluding hydrogens is 220 g/mol. The summed E-state index contributed by atoms with van der Waals surface area (Å²) >= 11 is 0. The van der Waals surface area contributed by atoms with Crippen molar-refractivity contribution in [3.05, 3.63) is 29.3 Å². The third kappa shape index (κ3) is 2.86. The van der Waals surface area contributed by atoms with Crippen molar-refractivity contribution in [2.75, 3.05) is 18.0 Å². The Morgan fingerprint density at radius 1 is 1.17 bits per heavy atom. The molecule has 0 aromatic heterocycles. The second-order valence-electron chi connectivity index (χ2n) is 5.84. The summed E-state index contributed by atoms with van der Waals surface area (Å²) in [6.45, 7) is 5.71. The van der Waals surface area contributed by atoms with Gasteiger partial charge in [-0.05, 0) is 50.7 Å². The summed E-state index contributed by atoms with van der Waals surface area (Å²) in [5.41, 5.74) is 4.33. The molecule has 2 aliphatic rings. The quantitative estimate of drug-likeness (QED) is 0.874. The minimum atomic E-state index is 0.791. The number of nitrogens with one attached hydrogen (secondary N) is 1. The normalized spacial score (nSPS) is 20.2. The van der Waals surface area contributed by atoms with Gasteiger partial charge >= 0.3 is 0 Å². The molecule has 2 nitrogen and oxygen atoms in total. The number of rotatable bonds is 4. The summed E-state index contributed by atoms with van der Waals surface area (Å²) in [4.78, 5) is 2.58. The highest BCUT2D eigenvalue weighted by Crippen LogP contribution is 2.26. The van der Waals surface area contributed by atoms with Crippen LogP contribution in [-0.4, -0.2) is 19.1 Å². The van der Waals surface area contributed by atoms with E-state index in [0.717, 1.165) is 12.6 Å². The van der Waals surface area contributed by atoms with Crippen molar-refractivity contribution >= 4 is 5.69 Å². The van der Waals surface area contributed by atoms with Crippen LogP contribution in [0.2, 0.25) is 0 Å².